The van der Waals surface area contributed by atoms with Gasteiger partial charge >= 0.3 is 0 Å². The third-order valence-corrected chi connectivity index (χ3v) is 2.76. The molecule has 0 N–H and O–H groups in total. The summed E-state index contributed by atoms with van der Waals surface area (Å²) >= 11 is 0. The van der Waals surface area contributed by atoms with E-state index in [0.717, 1.165) is 0 Å². The van der Waals surface area contributed by atoms with E-state index in [2.05, 4.69) is 54.7 Å². The second kappa shape index (κ2) is 4.90. The molecule has 0 aliphatic rings. The van der Waals surface area contributed by atoms with Crippen molar-refractivity contribution in [3.8, 4) is 0 Å². The van der Waals surface area contributed by atoms with Crippen LogP contribution in [0.4, 0.5) is 0 Å². The molecule has 0 saturated heterocycles. The molecular formula is C10H15NSi. The standard InChI is InChI=1S/C10H15NSi/c1-11(2)12-9-8-10-6-4-3-5-7-10/h3-9H,12H2,1-2H3. The van der Waals surface area contributed by atoms with E-state index in [0.29, 0.717) is 0 Å². The minimum Gasteiger partial charge on any atom is -0.331 e. The molecule has 0 fully saturated rings. The molecule has 1 rings (SSSR count). The Labute approximate surface area is 76.6 Å². The molecule has 1 aromatic carbocycles. The normalized spacial score (nSPS) is 12.2. The fourth-order valence-corrected chi connectivity index (χ4v) is 1.76. The topological polar surface area (TPSA) is 3.24 Å². The zero-order chi connectivity index (χ0) is 8.81. The van der Waals surface area contributed by atoms with E-state index in [1.807, 2.05) is 6.07 Å². The number of benzene rings is 1. The Balaban J connectivity index is 2.47. The van der Waals surface area contributed by atoms with Crippen LogP contribution in [0.1, 0.15) is 5.56 Å². The van der Waals surface area contributed by atoms with Gasteiger partial charge in [0, 0.05) is 0 Å². The quantitative estimate of drug-likeness (QED) is 0.629. The van der Waals surface area contributed by atoms with Crippen molar-refractivity contribution in [2.75, 3.05) is 14.1 Å². The monoisotopic (exact) mass is 177 g/mol. The maximum atomic E-state index is 2.30. The van der Waals surface area contributed by atoms with Crippen molar-refractivity contribution in [1.29, 1.82) is 0 Å². The van der Waals surface area contributed by atoms with E-state index in [1.165, 1.54) is 5.56 Å². The molecular weight excluding hydrogens is 162 g/mol. The van der Waals surface area contributed by atoms with Crippen LogP contribution in [0, 0.1) is 0 Å². The van der Waals surface area contributed by atoms with Gasteiger partial charge in [-0.15, -0.1) is 0 Å². The van der Waals surface area contributed by atoms with Gasteiger partial charge in [-0.25, -0.2) is 0 Å². The molecule has 0 aliphatic carbocycles. The molecule has 0 unspecified atom stereocenters. The van der Waals surface area contributed by atoms with Gasteiger partial charge in [-0.3, -0.25) is 0 Å². The highest BCUT2D eigenvalue weighted by atomic mass is 28.2. The summed E-state index contributed by atoms with van der Waals surface area (Å²) in [5.74, 6) is 0. The van der Waals surface area contributed by atoms with Crippen LogP contribution in [0.5, 0.6) is 0 Å². The first-order valence-corrected chi connectivity index (χ1v) is 5.60. The molecule has 0 radical (unpaired) electrons. The Kier molecular flexibility index (Phi) is 3.77. The third kappa shape index (κ3) is 3.51. The lowest BCUT2D eigenvalue weighted by atomic mass is 10.2. The maximum absolute atomic E-state index is 2.30. The Bertz CT molecular complexity index is 241. The largest absolute Gasteiger partial charge is 0.331 e. The summed E-state index contributed by atoms with van der Waals surface area (Å²) in [6, 6.07) is 10.4. The lowest BCUT2D eigenvalue weighted by Crippen LogP contribution is -2.14. The molecule has 0 spiro atoms. The molecule has 0 atom stereocenters. The van der Waals surface area contributed by atoms with Crippen molar-refractivity contribution >= 4 is 15.8 Å². The molecule has 12 heavy (non-hydrogen) atoms. The number of nitrogens with zero attached hydrogens (tertiary/aromatic N) is 1. The lowest BCUT2D eigenvalue weighted by Gasteiger charge is -2.02. The van der Waals surface area contributed by atoms with E-state index in [-0.39, 0.29) is 9.68 Å². The van der Waals surface area contributed by atoms with Gasteiger partial charge in [0.05, 0.1) is 0 Å². The Morgan fingerprint density at radius 3 is 2.42 bits per heavy atom. The molecule has 1 nitrogen and oxygen atoms in total. The second-order valence-corrected chi connectivity index (χ2v) is 5.18. The van der Waals surface area contributed by atoms with Crippen LogP contribution in [0.15, 0.2) is 36.0 Å². The highest BCUT2D eigenvalue weighted by molar-refractivity contribution is 6.39. The zero-order valence-electron chi connectivity index (χ0n) is 7.70. The number of hydrogen-bond acceptors (Lipinski definition) is 1. The van der Waals surface area contributed by atoms with Crippen LogP contribution < -0.4 is 0 Å². The van der Waals surface area contributed by atoms with E-state index in [9.17, 15) is 0 Å². The Morgan fingerprint density at radius 2 is 1.83 bits per heavy atom. The summed E-state index contributed by atoms with van der Waals surface area (Å²) in [6.07, 6.45) is 2.20. The minimum atomic E-state index is -0.145. The highest BCUT2D eigenvalue weighted by Gasteiger charge is 1.84. The van der Waals surface area contributed by atoms with Crippen LogP contribution in [0.3, 0.4) is 0 Å². The summed E-state index contributed by atoms with van der Waals surface area (Å²) in [5, 5.41) is 0. The van der Waals surface area contributed by atoms with Crippen LogP contribution in [0.2, 0.25) is 0 Å². The van der Waals surface area contributed by atoms with Crippen molar-refractivity contribution in [3.05, 3.63) is 41.6 Å². The van der Waals surface area contributed by atoms with Gasteiger partial charge in [0.1, 0.15) is 9.68 Å². The average molecular weight is 177 g/mol. The molecule has 0 heterocycles. The van der Waals surface area contributed by atoms with E-state index in [1.54, 1.807) is 0 Å². The molecule has 0 aromatic heterocycles. The maximum Gasteiger partial charge on any atom is 0.119 e. The predicted molar refractivity (Wildman–Crippen MR) is 57.7 cm³/mol. The van der Waals surface area contributed by atoms with Crippen LogP contribution in [-0.4, -0.2) is 28.3 Å². The highest BCUT2D eigenvalue weighted by Crippen LogP contribution is 1.99. The SMILES string of the molecule is CN(C)[SiH2]C=Cc1ccccc1. The smallest absolute Gasteiger partial charge is 0.119 e. The van der Waals surface area contributed by atoms with Gasteiger partial charge < -0.3 is 4.57 Å². The summed E-state index contributed by atoms with van der Waals surface area (Å²) in [7, 11) is 4.11. The van der Waals surface area contributed by atoms with Crippen LogP contribution >= 0.6 is 0 Å². The molecule has 0 amide bonds. The minimum absolute atomic E-state index is 0.145. The lowest BCUT2D eigenvalue weighted by molar-refractivity contribution is 0.668. The van der Waals surface area contributed by atoms with Gasteiger partial charge in [0.2, 0.25) is 0 Å². The summed E-state index contributed by atoms with van der Waals surface area (Å²) in [6.45, 7) is 0. The molecule has 2 heteroatoms. The van der Waals surface area contributed by atoms with Crippen molar-refractivity contribution in [2.45, 2.75) is 0 Å². The Hall–Kier alpha value is -0.863. The Morgan fingerprint density at radius 1 is 1.17 bits per heavy atom. The van der Waals surface area contributed by atoms with Crippen LogP contribution in [-0.2, 0) is 0 Å². The first-order chi connectivity index (χ1) is 5.79. The average Bonchev–Trinajstić information content (AvgIpc) is 2.05. The number of hydrogen-bond donors (Lipinski definition) is 0. The van der Waals surface area contributed by atoms with Gasteiger partial charge in [0.25, 0.3) is 0 Å². The van der Waals surface area contributed by atoms with Crippen molar-refractivity contribution in [1.82, 2.24) is 4.57 Å². The van der Waals surface area contributed by atoms with Gasteiger partial charge in [-0.1, -0.05) is 42.1 Å². The van der Waals surface area contributed by atoms with E-state index < -0.39 is 0 Å². The first kappa shape index (κ1) is 9.23. The van der Waals surface area contributed by atoms with Gasteiger partial charge in [-0.05, 0) is 19.7 Å². The molecule has 0 aliphatic heterocycles. The van der Waals surface area contributed by atoms with E-state index >= 15 is 0 Å². The summed E-state index contributed by atoms with van der Waals surface area (Å²) in [4.78, 5) is 0. The summed E-state index contributed by atoms with van der Waals surface area (Å²) < 4.78 is 2.28. The van der Waals surface area contributed by atoms with Crippen molar-refractivity contribution in [3.63, 3.8) is 0 Å². The fourth-order valence-electron chi connectivity index (χ4n) is 0.964. The number of rotatable bonds is 3. The molecule has 0 saturated carbocycles. The second-order valence-electron chi connectivity index (χ2n) is 3.08. The van der Waals surface area contributed by atoms with Gasteiger partial charge in [-0.2, -0.15) is 0 Å². The summed E-state index contributed by atoms with van der Waals surface area (Å²) in [5.41, 5.74) is 3.60. The predicted octanol–water partition coefficient (Wildman–Crippen LogP) is 1.30. The van der Waals surface area contributed by atoms with Crippen molar-refractivity contribution in [2.24, 2.45) is 0 Å². The zero-order valence-corrected chi connectivity index (χ0v) is 9.11. The van der Waals surface area contributed by atoms with Crippen LogP contribution in [0.25, 0.3) is 6.08 Å². The van der Waals surface area contributed by atoms with E-state index in [4.69, 9.17) is 0 Å². The molecule has 1 aromatic rings. The molecule has 0 bridgehead atoms. The molecule has 64 valence electrons. The fraction of sp³-hybridized carbons (Fsp3) is 0.200. The third-order valence-electron chi connectivity index (χ3n) is 1.58. The van der Waals surface area contributed by atoms with Crippen molar-refractivity contribution < 1.29 is 0 Å². The van der Waals surface area contributed by atoms with Gasteiger partial charge in [0.15, 0.2) is 0 Å². The first-order valence-electron chi connectivity index (χ1n) is 4.15.